The average Bonchev–Trinajstić information content (AvgIpc) is 2.48. The predicted molar refractivity (Wildman–Crippen MR) is 50.6 cm³/mol. The molecule has 2 N–H and O–H groups in total. The quantitative estimate of drug-likeness (QED) is 0.608. The Morgan fingerprint density at radius 1 is 1.46 bits per heavy atom. The van der Waals surface area contributed by atoms with E-state index in [-0.39, 0.29) is 6.03 Å². The van der Waals surface area contributed by atoms with Crippen molar-refractivity contribution in [2.24, 2.45) is 0 Å². The Hall–Kier alpha value is -0.770. The second-order valence-electron chi connectivity index (χ2n) is 3.94. The second-order valence-corrected chi connectivity index (χ2v) is 3.94. The summed E-state index contributed by atoms with van der Waals surface area (Å²) >= 11 is 0. The summed E-state index contributed by atoms with van der Waals surface area (Å²) in [4.78, 5) is 13.5. The third-order valence-electron chi connectivity index (χ3n) is 2.92. The van der Waals surface area contributed by atoms with Crippen LogP contribution in [0.2, 0.25) is 0 Å². The van der Waals surface area contributed by atoms with E-state index in [0.29, 0.717) is 12.1 Å². The fourth-order valence-electron chi connectivity index (χ4n) is 2.22. The minimum absolute atomic E-state index is 0.112. The van der Waals surface area contributed by atoms with Gasteiger partial charge in [-0.2, -0.15) is 0 Å². The van der Waals surface area contributed by atoms with Crippen LogP contribution in [0.15, 0.2) is 0 Å². The number of nitrogens with zero attached hydrogens (tertiary/aromatic N) is 1. The molecule has 2 unspecified atom stereocenters. The number of rotatable bonds is 1. The zero-order chi connectivity index (χ0) is 9.26. The smallest absolute Gasteiger partial charge is 0.318 e. The van der Waals surface area contributed by atoms with Gasteiger partial charge >= 0.3 is 6.03 Å². The van der Waals surface area contributed by atoms with Crippen molar-refractivity contribution >= 4 is 6.03 Å². The van der Waals surface area contributed by atoms with Crippen LogP contribution in [-0.2, 0) is 0 Å². The van der Waals surface area contributed by atoms with E-state index in [9.17, 15) is 4.79 Å². The molecule has 0 spiro atoms. The zero-order valence-electron chi connectivity index (χ0n) is 8.05. The van der Waals surface area contributed by atoms with Gasteiger partial charge in [-0.3, -0.25) is 0 Å². The molecule has 2 atom stereocenters. The first-order valence-electron chi connectivity index (χ1n) is 5.06. The van der Waals surface area contributed by atoms with Crippen LogP contribution in [0.1, 0.15) is 19.8 Å². The highest BCUT2D eigenvalue weighted by atomic mass is 16.2. The molecular formula is C9H17N3O. The molecule has 0 aromatic heterocycles. The molecule has 2 amide bonds. The predicted octanol–water partition coefficient (Wildman–Crippen LogP) is 0.152. The molecule has 4 nitrogen and oxygen atoms in total. The van der Waals surface area contributed by atoms with E-state index in [1.807, 2.05) is 4.90 Å². The summed E-state index contributed by atoms with van der Waals surface area (Å²) in [6.45, 7) is 4.96. The van der Waals surface area contributed by atoms with Crippen LogP contribution < -0.4 is 10.6 Å². The number of carbonyl (C=O) groups excluding carboxylic acids is 1. The van der Waals surface area contributed by atoms with Gasteiger partial charge < -0.3 is 15.5 Å². The van der Waals surface area contributed by atoms with Crippen LogP contribution in [0.25, 0.3) is 0 Å². The van der Waals surface area contributed by atoms with Crippen molar-refractivity contribution in [1.82, 2.24) is 15.5 Å². The molecule has 2 aliphatic heterocycles. The maximum Gasteiger partial charge on any atom is 0.318 e. The molecule has 0 aliphatic carbocycles. The summed E-state index contributed by atoms with van der Waals surface area (Å²) in [6.07, 6.45) is 2.33. The summed E-state index contributed by atoms with van der Waals surface area (Å²) in [5.41, 5.74) is 0. The van der Waals surface area contributed by atoms with Gasteiger partial charge in [0.15, 0.2) is 0 Å². The maximum atomic E-state index is 11.5. The molecule has 2 rings (SSSR count). The maximum absolute atomic E-state index is 11.5. The van der Waals surface area contributed by atoms with E-state index in [1.165, 1.54) is 6.42 Å². The van der Waals surface area contributed by atoms with E-state index < -0.39 is 0 Å². The highest BCUT2D eigenvalue weighted by Gasteiger charge is 2.33. The molecule has 4 heteroatoms. The lowest BCUT2D eigenvalue weighted by Gasteiger charge is -2.33. The van der Waals surface area contributed by atoms with Crippen LogP contribution in [0.4, 0.5) is 4.79 Å². The molecule has 2 saturated heterocycles. The van der Waals surface area contributed by atoms with Gasteiger partial charge in [-0.25, -0.2) is 4.79 Å². The van der Waals surface area contributed by atoms with Crippen molar-refractivity contribution in [3.05, 3.63) is 0 Å². The molecule has 13 heavy (non-hydrogen) atoms. The van der Waals surface area contributed by atoms with Gasteiger partial charge in [-0.15, -0.1) is 0 Å². The fraction of sp³-hybridized carbons (Fsp3) is 0.889. The van der Waals surface area contributed by atoms with Crippen molar-refractivity contribution in [3.8, 4) is 0 Å². The van der Waals surface area contributed by atoms with E-state index in [4.69, 9.17) is 0 Å². The highest BCUT2D eigenvalue weighted by molar-refractivity contribution is 5.77. The van der Waals surface area contributed by atoms with E-state index in [2.05, 4.69) is 17.6 Å². The Morgan fingerprint density at radius 2 is 2.31 bits per heavy atom. The van der Waals surface area contributed by atoms with Crippen molar-refractivity contribution < 1.29 is 4.79 Å². The Balaban J connectivity index is 2.00. The second kappa shape index (κ2) is 3.54. The Morgan fingerprint density at radius 3 is 2.85 bits per heavy atom. The Kier molecular flexibility index (Phi) is 2.40. The molecule has 2 heterocycles. The zero-order valence-corrected chi connectivity index (χ0v) is 8.05. The number of nitrogens with one attached hydrogen (secondary N) is 2. The van der Waals surface area contributed by atoms with Crippen LogP contribution in [0.5, 0.6) is 0 Å². The largest absolute Gasteiger partial charge is 0.336 e. The number of hydrogen-bond acceptors (Lipinski definition) is 2. The van der Waals surface area contributed by atoms with E-state index >= 15 is 0 Å². The fourth-order valence-corrected chi connectivity index (χ4v) is 2.22. The van der Waals surface area contributed by atoms with Gasteiger partial charge in [0.05, 0.1) is 0 Å². The minimum Gasteiger partial charge on any atom is -0.336 e. The summed E-state index contributed by atoms with van der Waals surface area (Å²) in [5, 5.41) is 6.21. The first kappa shape index (κ1) is 8.81. The van der Waals surface area contributed by atoms with Gasteiger partial charge in [-0.05, 0) is 26.3 Å². The number of piperidine rings is 1. The van der Waals surface area contributed by atoms with Gasteiger partial charge in [0.2, 0.25) is 0 Å². The molecular weight excluding hydrogens is 166 g/mol. The monoisotopic (exact) mass is 183 g/mol. The summed E-state index contributed by atoms with van der Waals surface area (Å²) in [7, 11) is 0. The minimum atomic E-state index is 0.112. The lowest BCUT2D eigenvalue weighted by molar-refractivity contribution is 0.164. The molecule has 74 valence electrons. The highest BCUT2D eigenvalue weighted by Crippen LogP contribution is 2.16. The van der Waals surface area contributed by atoms with Crippen molar-refractivity contribution in [2.45, 2.75) is 31.8 Å². The van der Waals surface area contributed by atoms with Crippen LogP contribution >= 0.6 is 0 Å². The summed E-state index contributed by atoms with van der Waals surface area (Å²) < 4.78 is 0. The normalized spacial score (nSPS) is 34.8. The van der Waals surface area contributed by atoms with Crippen molar-refractivity contribution in [1.29, 1.82) is 0 Å². The van der Waals surface area contributed by atoms with Gasteiger partial charge in [-0.1, -0.05) is 0 Å². The van der Waals surface area contributed by atoms with Crippen LogP contribution in [-0.4, -0.2) is 42.6 Å². The van der Waals surface area contributed by atoms with E-state index in [0.717, 1.165) is 26.1 Å². The number of carbonyl (C=O) groups is 1. The standard InChI is InChI=1S/C9H17N3O/c1-7-5-11-9(13)12(7)8-3-2-4-10-6-8/h7-8,10H,2-6H2,1H3,(H,11,13). The van der Waals surface area contributed by atoms with Crippen molar-refractivity contribution in [3.63, 3.8) is 0 Å². The summed E-state index contributed by atoms with van der Waals surface area (Å²) in [5.74, 6) is 0. The van der Waals surface area contributed by atoms with Gasteiger partial charge in [0, 0.05) is 25.2 Å². The topological polar surface area (TPSA) is 44.4 Å². The van der Waals surface area contributed by atoms with E-state index in [1.54, 1.807) is 0 Å². The molecule has 0 aromatic rings. The molecule has 0 radical (unpaired) electrons. The molecule has 0 aromatic carbocycles. The third kappa shape index (κ3) is 1.63. The molecule has 2 aliphatic rings. The first-order valence-corrected chi connectivity index (χ1v) is 5.06. The molecule has 2 fully saturated rings. The third-order valence-corrected chi connectivity index (χ3v) is 2.92. The molecule has 0 saturated carbocycles. The Labute approximate surface area is 78.7 Å². The number of hydrogen-bond donors (Lipinski definition) is 2. The number of urea groups is 1. The molecule has 0 bridgehead atoms. The van der Waals surface area contributed by atoms with Gasteiger partial charge in [0.25, 0.3) is 0 Å². The van der Waals surface area contributed by atoms with Crippen LogP contribution in [0, 0.1) is 0 Å². The first-order chi connectivity index (χ1) is 6.29. The Bertz CT molecular complexity index is 201. The number of amides is 2. The SMILES string of the molecule is CC1CNC(=O)N1C1CCCNC1. The summed E-state index contributed by atoms with van der Waals surface area (Å²) in [6, 6.07) is 0.879. The van der Waals surface area contributed by atoms with Gasteiger partial charge in [0.1, 0.15) is 0 Å². The lowest BCUT2D eigenvalue weighted by atomic mass is 10.1. The van der Waals surface area contributed by atoms with Crippen molar-refractivity contribution in [2.75, 3.05) is 19.6 Å². The average molecular weight is 183 g/mol. The van der Waals surface area contributed by atoms with Crippen LogP contribution in [0.3, 0.4) is 0 Å². The lowest BCUT2D eigenvalue weighted by Crippen LogP contribution is -2.49.